The second-order valence-electron chi connectivity index (χ2n) is 5.41. The van der Waals surface area contributed by atoms with E-state index in [-0.39, 0.29) is 0 Å². The van der Waals surface area contributed by atoms with Gasteiger partial charge in [-0.2, -0.15) is 0 Å². The third-order valence-corrected chi connectivity index (χ3v) is 3.03. The van der Waals surface area contributed by atoms with Crippen molar-refractivity contribution in [3.63, 3.8) is 0 Å². The van der Waals surface area contributed by atoms with Crippen LogP contribution >= 0.6 is 0 Å². The van der Waals surface area contributed by atoms with E-state index in [0.29, 0.717) is 5.92 Å². The van der Waals surface area contributed by atoms with Crippen molar-refractivity contribution in [1.29, 1.82) is 0 Å². The molecule has 0 aromatic heterocycles. The van der Waals surface area contributed by atoms with Crippen molar-refractivity contribution < 1.29 is 4.74 Å². The zero-order valence-corrected chi connectivity index (χ0v) is 12.3. The number of ether oxygens (including phenoxy) is 1. The van der Waals surface area contributed by atoms with Crippen molar-refractivity contribution >= 4 is 5.69 Å². The van der Waals surface area contributed by atoms with Gasteiger partial charge in [-0.05, 0) is 56.6 Å². The molecule has 102 valence electrons. The molecule has 0 radical (unpaired) electrons. The van der Waals surface area contributed by atoms with Crippen molar-refractivity contribution in [2.45, 2.75) is 33.1 Å². The lowest BCUT2D eigenvalue weighted by molar-refractivity contribution is 0.278. The maximum Gasteiger partial charge on any atom is 0.123 e. The van der Waals surface area contributed by atoms with Gasteiger partial charge in [0, 0.05) is 12.2 Å². The van der Waals surface area contributed by atoms with Crippen molar-refractivity contribution in [1.82, 2.24) is 4.90 Å². The molecule has 1 aromatic rings. The van der Waals surface area contributed by atoms with Crippen LogP contribution in [0.25, 0.3) is 0 Å². The summed E-state index contributed by atoms with van der Waals surface area (Å²) in [6.07, 6.45) is 1.04. The lowest BCUT2D eigenvalue weighted by Crippen LogP contribution is -2.16. The van der Waals surface area contributed by atoms with Gasteiger partial charge in [0.05, 0.1) is 6.61 Å². The molecule has 3 heteroatoms. The van der Waals surface area contributed by atoms with Gasteiger partial charge in [-0.15, -0.1) is 0 Å². The van der Waals surface area contributed by atoms with Gasteiger partial charge in [0.25, 0.3) is 0 Å². The molecule has 3 nitrogen and oxygen atoms in total. The number of rotatable bonds is 6. The van der Waals surface area contributed by atoms with Crippen LogP contribution in [0.1, 0.15) is 37.3 Å². The molecule has 0 fully saturated rings. The third-order valence-electron chi connectivity index (χ3n) is 3.03. The van der Waals surface area contributed by atoms with Crippen LogP contribution in [0, 0.1) is 6.92 Å². The van der Waals surface area contributed by atoms with Crippen molar-refractivity contribution in [3.8, 4) is 5.75 Å². The maximum absolute atomic E-state index is 5.96. The topological polar surface area (TPSA) is 38.5 Å². The predicted molar refractivity (Wildman–Crippen MR) is 78.3 cm³/mol. The second-order valence-corrected chi connectivity index (χ2v) is 5.41. The van der Waals surface area contributed by atoms with E-state index in [1.54, 1.807) is 0 Å². The smallest absolute Gasteiger partial charge is 0.123 e. The number of nitrogens with zero attached hydrogens (tertiary/aromatic N) is 1. The summed E-state index contributed by atoms with van der Waals surface area (Å²) in [4.78, 5) is 2.17. The summed E-state index contributed by atoms with van der Waals surface area (Å²) in [6, 6.07) is 4.10. The van der Waals surface area contributed by atoms with E-state index in [0.717, 1.165) is 36.6 Å². The fourth-order valence-corrected chi connectivity index (χ4v) is 1.85. The highest BCUT2D eigenvalue weighted by Gasteiger charge is 2.10. The molecular formula is C15H26N2O. The van der Waals surface area contributed by atoms with E-state index < -0.39 is 0 Å². The first-order valence-electron chi connectivity index (χ1n) is 6.59. The van der Waals surface area contributed by atoms with Crippen molar-refractivity contribution in [2.75, 3.05) is 33.0 Å². The Balaban J connectivity index is 2.71. The van der Waals surface area contributed by atoms with Gasteiger partial charge in [0.1, 0.15) is 5.75 Å². The molecule has 0 heterocycles. The number of aryl methyl sites for hydroxylation is 1. The number of nitrogens with two attached hydrogens (primary N) is 1. The van der Waals surface area contributed by atoms with Gasteiger partial charge in [-0.25, -0.2) is 0 Å². The van der Waals surface area contributed by atoms with Crippen LogP contribution in [0.15, 0.2) is 12.1 Å². The molecule has 1 rings (SSSR count). The molecule has 0 saturated heterocycles. The summed E-state index contributed by atoms with van der Waals surface area (Å²) in [5.74, 6) is 1.41. The molecule has 0 spiro atoms. The summed E-state index contributed by atoms with van der Waals surface area (Å²) in [6.45, 7) is 8.14. The Morgan fingerprint density at radius 2 is 1.94 bits per heavy atom. The molecule has 0 aliphatic carbocycles. The lowest BCUT2D eigenvalue weighted by atomic mass is 9.99. The van der Waals surface area contributed by atoms with Gasteiger partial charge in [-0.1, -0.05) is 13.8 Å². The van der Waals surface area contributed by atoms with E-state index >= 15 is 0 Å². The molecule has 0 saturated carbocycles. The molecule has 0 aliphatic heterocycles. The monoisotopic (exact) mass is 250 g/mol. The molecule has 0 unspecified atom stereocenters. The normalized spacial score (nSPS) is 11.3. The summed E-state index contributed by atoms with van der Waals surface area (Å²) in [5.41, 5.74) is 9.09. The van der Waals surface area contributed by atoms with E-state index in [2.05, 4.69) is 38.9 Å². The average molecular weight is 250 g/mol. The Morgan fingerprint density at radius 3 is 2.50 bits per heavy atom. The first-order chi connectivity index (χ1) is 8.41. The number of benzene rings is 1. The molecule has 0 aliphatic rings. The number of hydrogen-bond donors (Lipinski definition) is 1. The van der Waals surface area contributed by atoms with Crippen LogP contribution in [-0.4, -0.2) is 32.1 Å². The summed E-state index contributed by atoms with van der Waals surface area (Å²) in [7, 11) is 4.15. The second kappa shape index (κ2) is 6.64. The van der Waals surface area contributed by atoms with Crippen LogP contribution < -0.4 is 10.5 Å². The minimum absolute atomic E-state index is 0.428. The quantitative estimate of drug-likeness (QED) is 0.623. The van der Waals surface area contributed by atoms with E-state index in [1.165, 1.54) is 5.56 Å². The third kappa shape index (κ3) is 4.22. The molecule has 0 amide bonds. The standard InChI is InChI=1S/C15H26N2O/c1-11(2)13-10-14(16)12(3)9-15(13)18-8-6-7-17(4)5/h9-11H,6-8,16H2,1-5H3. The Hall–Kier alpha value is -1.22. The largest absolute Gasteiger partial charge is 0.493 e. The van der Waals surface area contributed by atoms with E-state index in [4.69, 9.17) is 10.5 Å². The van der Waals surface area contributed by atoms with Crippen LogP contribution in [0.5, 0.6) is 5.75 Å². The highest BCUT2D eigenvalue weighted by atomic mass is 16.5. The lowest BCUT2D eigenvalue weighted by Gasteiger charge is -2.17. The number of anilines is 1. The Kier molecular flexibility index (Phi) is 5.48. The average Bonchev–Trinajstić information content (AvgIpc) is 2.28. The zero-order chi connectivity index (χ0) is 13.7. The number of hydrogen-bond acceptors (Lipinski definition) is 3. The van der Waals surface area contributed by atoms with Gasteiger partial charge in [0.2, 0.25) is 0 Å². The Labute approximate surface area is 111 Å². The van der Waals surface area contributed by atoms with Crippen LogP contribution in [0.2, 0.25) is 0 Å². The van der Waals surface area contributed by atoms with Gasteiger partial charge >= 0.3 is 0 Å². The number of nitrogen functional groups attached to an aromatic ring is 1. The van der Waals surface area contributed by atoms with Crippen LogP contribution in [0.4, 0.5) is 5.69 Å². The SMILES string of the molecule is Cc1cc(OCCCN(C)C)c(C(C)C)cc1N. The predicted octanol–water partition coefficient (Wildman–Crippen LogP) is 3.03. The van der Waals surface area contributed by atoms with Gasteiger partial charge in [0.15, 0.2) is 0 Å². The Morgan fingerprint density at radius 1 is 1.28 bits per heavy atom. The van der Waals surface area contributed by atoms with Crippen molar-refractivity contribution in [2.24, 2.45) is 0 Å². The highest BCUT2D eigenvalue weighted by Crippen LogP contribution is 2.30. The first kappa shape index (κ1) is 14.8. The maximum atomic E-state index is 5.96. The highest BCUT2D eigenvalue weighted by molar-refractivity contribution is 5.55. The van der Waals surface area contributed by atoms with Crippen molar-refractivity contribution in [3.05, 3.63) is 23.3 Å². The Bertz CT molecular complexity index is 386. The van der Waals surface area contributed by atoms with Gasteiger partial charge < -0.3 is 15.4 Å². The fourth-order valence-electron chi connectivity index (χ4n) is 1.85. The summed E-state index contributed by atoms with van der Waals surface area (Å²) < 4.78 is 5.90. The first-order valence-corrected chi connectivity index (χ1v) is 6.59. The summed E-state index contributed by atoms with van der Waals surface area (Å²) in [5, 5.41) is 0. The van der Waals surface area contributed by atoms with Crippen LogP contribution in [0.3, 0.4) is 0 Å². The molecule has 0 bridgehead atoms. The van der Waals surface area contributed by atoms with Gasteiger partial charge in [-0.3, -0.25) is 0 Å². The minimum Gasteiger partial charge on any atom is -0.493 e. The fraction of sp³-hybridized carbons (Fsp3) is 0.600. The molecular weight excluding hydrogens is 224 g/mol. The minimum atomic E-state index is 0.428. The molecule has 1 aromatic carbocycles. The van der Waals surface area contributed by atoms with Crippen LogP contribution in [-0.2, 0) is 0 Å². The molecule has 0 atom stereocenters. The van der Waals surface area contributed by atoms with E-state index in [1.807, 2.05) is 13.0 Å². The zero-order valence-electron chi connectivity index (χ0n) is 12.3. The summed E-state index contributed by atoms with van der Waals surface area (Å²) >= 11 is 0. The van der Waals surface area contributed by atoms with E-state index in [9.17, 15) is 0 Å². The molecule has 2 N–H and O–H groups in total. The molecule has 18 heavy (non-hydrogen) atoms.